The minimum Gasteiger partial charge on any atom is -0.503 e. The van der Waals surface area contributed by atoms with Gasteiger partial charge < -0.3 is 15.2 Å². The first-order valence-corrected chi connectivity index (χ1v) is 6.25. The Balaban J connectivity index is 2.19. The van der Waals surface area contributed by atoms with Gasteiger partial charge in [0.15, 0.2) is 11.5 Å². The van der Waals surface area contributed by atoms with Crippen molar-refractivity contribution in [2.75, 3.05) is 20.2 Å². The number of methoxy groups -OCH3 is 1. The zero-order valence-corrected chi connectivity index (χ0v) is 10.6. The summed E-state index contributed by atoms with van der Waals surface area (Å²) in [7, 11) is 1.50. The number of nitrogens with one attached hydrogen (secondary N) is 1. The predicted molar refractivity (Wildman–Crippen MR) is 68.7 cm³/mol. The van der Waals surface area contributed by atoms with Crippen LogP contribution in [0.25, 0.3) is 0 Å². The summed E-state index contributed by atoms with van der Waals surface area (Å²) in [5, 5.41) is 22.1. The van der Waals surface area contributed by atoms with Gasteiger partial charge in [-0.25, -0.2) is 0 Å². The Morgan fingerprint density at radius 1 is 1.44 bits per heavy atom. The van der Waals surface area contributed by atoms with E-state index in [1.807, 2.05) is 12.1 Å². The summed E-state index contributed by atoms with van der Waals surface area (Å²) < 4.78 is 5.10. The summed E-state index contributed by atoms with van der Waals surface area (Å²) in [6, 6.07) is 5.60. The molecule has 96 valence electrons. The smallest absolute Gasteiger partial charge is 0.175 e. The highest BCUT2D eigenvalue weighted by Gasteiger charge is 2.16. The van der Waals surface area contributed by atoms with Gasteiger partial charge in [0.25, 0.3) is 0 Å². The van der Waals surface area contributed by atoms with Crippen molar-refractivity contribution >= 4 is 0 Å². The number of hydrogen-bond donors (Lipinski definition) is 2. The van der Waals surface area contributed by atoms with E-state index in [2.05, 4.69) is 5.32 Å². The highest BCUT2D eigenvalue weighted by Crippen LogP contribution is 2.32. The number of phenolic OH excluding ortho intramolecular Hbond substituents is 1. The van der Waals surface area contributed by atoms with Crippen LogP contribution in [0.1, 0.15) is 24.0 Å². The summed E-state index contributed by atoms with van der Waals surface area (Å²) in [5.41, 5.74) is 1.35. The lowest BCUT2D eigenvalue weighted by molar-refractivity contribution is 0.364. The number of nitriles is 1. The zero-order valence-electron chi connectivity index (χ0n) is 10.6. The lowest BCUT2D eigenvalue weighted by atomic mass is 9.90. The number of benzene rings is 1. The molecule has 0 atom stereocenters. The molecule has 0 aliphatic carbocycles. The van der Waals surface area contributed by atoms with Crippen LogP contribution in [-0.4, -0.2) is 25.3 Å². The molecular formula is C14H18N2O2. The van der Waals surface area contributed by atoms with Gasteiger partial charge >= 0.3 is 0 Å². The van der Waals surface area contributed by atoms with Crippen molar-refractivity contribution in [1.82, 2.24) is 5.32 Å². The normalized spacial score (nSPS) is 16.2. The van der Waals surface area contributed by atoms with Crippen LogP contribution in [0.3, 0.4) is 0 Å². The quantitative estimate of drug-likeness (QED) is 0.853. The topological polar surface area (TPSA) is 65.3 Å². The van der Waals surface area contributed by atoms with Gasteiger partial charge in [0.05, 0.1) is 12.7 Å². The molecule has 1 aromatic carbocycles. The standard InChI is InChI=1S/C14H18N2O2/c1-18-13-8-11(7-12(9-15)14(13)17)6-10-2-4-16-5-3-10/h7-8,10,16-17H,2-6H2,1H3. The maximum atomic E-state index is 9.76. The van der Waals surface area contributed by atoms with E-state index in [1.165, 1.54) is 7.11 Å². The molecule has 0 unspecified atom stereocenters. The van der Waals surface area contributed by atoms with Crippen molar-refractivity contribution in [3.8, 4) is 17.6 Å². The third-order valence-electron chi connectivity index (χ3n) is 3.46. The molecule has 2 N–H and O–H groups in total. The molecule has 2 rings (SSSR count). The summed E-state index contributed by atoms with van der Waals surface area (Å²) in [6.45, 7) is 2.12. The molecule has 18 heavy (non-hydrogen) atoms. The van der Waals surface area contributed by atoms with E-state index in [1.54, 1.807) is 6.07 Å². The average Bonchev–Trinajstić information content (AvgIpc) is 2.41. The Kier molecular flexibility index (Phi) is 4.06. The van der Waals surface area contributed by atoms with Crippen LogP contribution in [0.4, 0.5) is 0 Å². The molecular weight excluding hydrogens is 228 g/mol. The highest BCUT2D eigenvalue weighted by molar-refractivity contribution is 5.53. The Morgan fingerprint density at radius 3 is 2.78 bits per heavy atom. The van der Waals surface area contributed by atoms with Gasteiger partial charge in [-0.1, -0.05) is 0 Å². The fourth-order valence-corrected chi connectivity index (χ4v) is 2.44. The fourth-order valence-electron chi connectivity index (χ4n) is 2.44. The van der Waals surface area contributed by atoms with E-state index >= 15 is 0 Å². The van der Waals surface area contributed by atoms with Gasteiger partial charge in [-0.2, -0.15) is 5.26 Å². The van der Waals surface area contributed by atoms with Gasteiger partial charge in [0, 0.05) is 0 Å². The molecule has 0 saturated carbocycles. The second-order valence-electron chi connectivity index (χ2n) is 4.70. The van der Waals surface area contributed by atoms with Gasteiger partial charge in [-0.15, -0.1) is 0 Å². The van der Waals surface area contributed by atoms with E-state index in [4.69, 9.17) is 10.00 Å². The number of ether oxygens (including phenoxy) is 1. The monoisotopic (exact) mass is 246 g/mol. The van der Waals surface area contributed by atoms with Crippen molar-refractivity contribution in [3.63, 3.8) is 0 Å². The predicted octanol–water partition coefficient (Wildman–Crippen LogP) is 1.81. The highest BCUT2D eigenvalue weighted by atomic mass is 16.5. The van der Waals surface area contributed by atoms with Crippen molar-refractivity contribution in [1.29, 1.82) is 5.26 Å². The molecule has 1 heterocycles. The first-order valence-electron chi connectivity index (χ1n) is 6.25. The number of nitrogens with zero attached hydrogens (tertiary/aromatic N) is 1. The second-order valence-corrected chi connectivity index (χ2v) is 4.70. The largest absolute Gasteiger partial charge is 0.503 e. The summed E-state index contributed by atoms with van der Waals surface area (Å²) in [6.07, 6.45) is 3.25. The van der Waals surface area contributed by atoms with Crippen molar-refractivity contribution < 1.29 is 9.84 Å². The Hall–Kier alpha value is -1.73. The van der Waals surface area contributed by atoms with Crippen LogP contribution in [0, 0.1) is 17.2 Å². The first-order chi connectivity index (χ1) is 8.74. The summed E-state index contributed by atoms with van der Waals surface area (Å²) in [5.74, 6) is 0.971. The molecule has 1 aromatic rings. The molecule has 0 spiro atoms. The van der Waals surface area contributed by atoms with Crippen molar-refractivity contribution in [2.24, 2.45) is 5.92 Å². The Bertz CT molecular complexity index is 460. The number of hydrogen-bond acceptors (Lipinski definition) is 4. The van der Waals surface area contributed by atoms with E-state index in [0.29, 0.717) is 17.2 Å². The SMILES string of the molecule is COc1cc(CC2CCNCC2)cc(C#N)c1O. The van der Waals surface area contributed by atoms with Crippen LogP contribution in [0.2, 0.25) is 0 Å². The van der Waals surface area contributed by atoms with Gasteiger partial charge in [0.2, 0.25) is 0 Å². The lowest BCUT2D eigenvalue weighted by Gasteiger charge is -2.22. The Morgan fingerprint density at radius 2 is 2.17 bits per heavy atom. The lowest BCUT2D eigenvalue weighted by Crippen LogP contribution is -2.28. The van der Waals surface area contributed by atoms with Crippen LogP contribution < -0.4 is 10.1 Å². The Labute approximate surface area is 107 Å². The molecule has 1 saturated heterocycles. The average molecular weight is 246 g/mol. The number of rotatable bonds is 3. The van der Waals surface area contributed by atoms with E-state index < -0.39 is 0 Å². The number of aromatic hydroxyl groups is 1. The molecule has 1 fully saturated rings. The van der Waals surface area contributed by atoms with Crippen molar-refractivity contribution in [3.05, 3.63) is 23.3 Å². The third-order valence-corrected chi connectivity index (χ3v) is 3.46. The van der Waals surface area contributed by atoms with Gasteiger partial charge in [0.1, 0.15) is 6.07 Å². The minimum absolute atomic E-state index is 0.0611. The minimum atomic E-state index is -0.0611. The van der Waals surface area contributed by atoms with Crippen LogP contribution in [-0.2, 0) is 6.42 Å². The molecule has 0 amide bonds. The van der Waals surface area contributed by atoms with E-state index in [0.717, 1.165) is 37.9 Å². The van der Waals surface area contributed by atoms with Crippen LogP contribution in [0.5, 0.6) is 11.5 Å². The molecule has 1 aliphatic rings. The van der Waals surface area contributed by atoms with Gasteiger partial charge in [-0.05, 0) is 56.0 Å². The summed E-state index contributed by atoms with van der Waals surface area (Å²) >= 11 is 0. The molecule has 1 aliphatic heterocycles. The number of piperidine rings is 1. The first kappa shape index (κ1) is 12.7. The van der Waals surface area contributed by atoms with E-state index in [-0.39, 0.29) is 5.75 Å². The fraction of sp³-hybridized carbons (Fsp3) is 0.500. The molecule has 4 heteroatoms. The zero-order chi connectivity index (χ0) is 13.0. The summed E-state index contributed by atoms with van der Waals surface area (Å²) in [4.78, 5) is 0. The molecule has 0 radical (unpaired) electrons. The third kappa shape index (κ3) is 2.74. The number of phenols is 1. The van der Waals surface area contributed by atoms with Gasteiger partial charge in [-0.3, -0.25) is 0 Å². The van der Waals surface area contributed by atoms with Crippen LogP contribution >= 0.6 is 0 Å². The molecule has 0 aromatic heterocycles. The molecule has 0 bridgehead atoms. The molecule has 4 nitrogen and oxygen atoms in total. The van der Waals surface area contributed by atoms with Crippen molar-refractivity contribution in [2.45, 2.75) is 19.3 Å². The maximum absolute atomic E-state index is 9.76. The van der Waals surface area contributed by atoms with E-state index in [9.17, 15) is 5.11 Å². The second kappa shape index (κ2) is 5.74. The maximum Gasteiger partial charge on any atom is 0.175 e. The van der Waals surface area contributed by atoms with Crippen LogP contribution in [0.15, 0.2) is 12.1 Å².